The SMILES string of the molecule is CSC(C)CCNc1nccn1C1CC1. The van der Waals surface area contributed by atoms with Crippen molar-refractivity contribution in [1.82, 2.24) is 9.55 Å². The van der Waals surface area contributed by atoms with Crippen molar-refractivity contribution < 1.29 is 0 Å². The minimum atomic E-state index is 0.716. The number of nitrogens with zero attached hydrogens (tertiary/aromatic N) is 2. The minimum absolute atomic E-state index is 0.716. The molecule has 1 aromatic rings. The second-order valence-corrected chi connectivity index (χ2v) is 5.43. The lowest BCUT2D eigenvalue weighted by atomic mass is 10.3. The zero-order valence-electron chi connectivity index (χ0n) is 9.44. The van der Waals surface area contributed by atoms with Crippen LogP contribution in [0.15, 0.2) is 12.4 Å². The third-order valence-corrected chi connectivity index (χ3v) is 3.89. The normalized spacial score (nSPS) is 17.7. The first kappa shape index (κ1) is 10.9. The molecule has 1 N–H and O–H groups in total. The number of rotatable bonds is 6. The van der Waals surface area contributed by atoms with Crippen molar-refractivity contribution >= 4 is 17.7 Å². The van der Waals surface area contributed by atoms with E-state index < -0.39 is 0 Å². The van der Waals surface area contributed by atoms with Gasteiger partial charge in [-0.2, -0.15) is 11.8 Å². The van der Waals surface area contributed by atoms with Crippen LogP contribution in [0.5, 0.6) is 0 Å². The van der Waals surface area contributed by atoms with Crippen molar-refractivity contribution in [3.05, 3.63) is 12.4 Å². The summed E-state index contributed by atoms with van der Waals surface area (Å²) in [5, 5.41) is 4.14. The highest BCUT2D eigenvalue weighted by Crippen LogP contribution is 2.36. The predicted octanol–water partition coefficient (Wildman–Crippen LogP) is 2.77. The quantitative estimate of drug-likeness (QED) is 0.807. The highest BCUT2D eigenvalue weighted by Gasteiger charge is 2.25. The van der Waals surface area contributed by atoms with Gasteiger partial charge in [0.1, 0.15) is 0 Å². The molecule has 1 atom stereocenters. The molecule has 1 aliphatic rings. The molecule has 1 unspecified atom stereocenters. The molecule has 3 nitrogen and oxygen atoms in total. The second kappa shape index (κ2) is 4.92. The maximum Gasteiger partial charge on any atom is 0.203 e. The van der Waals surface area contributed by atoms with Gasteiger partial charge in [0.2, 0.25) is 5.95 Å². The first-order valence-corrected chi connectivity index (χ1v) is 6.89. The molecule has 0 aromatic carbocycles. The number of imidazole rings is 1. The summed E-state index contributed by atoms with van der Waals surface area (Å²) in [4.78, 5) is 4.35. The molecule has 1 saturated carbocycles. The van der Waals surface area contributed by atoms with Crippen LogP contribution in [0, 0.1) is 0 Å². The van der Waals surface area contributed by atoms with Crippen LogP contribution in [-0.2, 0) is 0 Å². The third-order valence-electron chi connectivity index (χ3n) is 2.85. The summed E-state index contributed by atoms with van der Waals surface area (Å²) in [5.74, 6) is 1.05. The van der Waals surface area contributed by atoms with Crippen LogP contribution < -0.4 is 5.32 Å². The Hall–Kier alpha value is -0.640. The Morgan fingerprint density at radius 2 is 2.47 bits per heavy atom. The van der Waals surface area contributed by atoms with Crippen molar-refractivity contribution in [2.75, 3.05) is 18.1 Å². The van der Waals surface area contributed by atoms with Gasteiger partial charge in [-0.25, -0.2) is 4.98 Å². The van der Waals surface area contributed by atoms with Gasteiger partial charge in [-0.05, 0) is 25.5 Å². The van der Waals surface area contributed by atoms with Crippen LogP contribution in [0.25, 0.3) is 0 Å². The lowest BCUT2D eigenvalue weighted by Crippen LogP contribution is -2.11. The van der Waals surface area contributed by atoms with Crippen molar-refractivity contribution in [3.63, 3.8) is 0 Å². The van der Waals surface area contributed by atoms with E-state index in [-0.39, 0.29) is 0 Å². The second-order valence-electron chi connectivity index (χ2n) is 4.15. The molecule has 0 radical (unpaired) electrons. The fourth-order valence-electron chi connectivity index (χ4n) is 1.60. The lowest BCUT2D eigenvalue weighted by Gasteiger charge is -2.11. The Bertz CT molecular complexity index is 307. The van der Waals surface area contributed by atoms with E-state index in [0.29, 0.717) is 6.04 Å². The van der Waals surface area contributed by atoms with Gasteiger partial charge >= 0.3 is 0 Å². The van der Waals surface area contributed by atoms with Gasteiger partial charge in [-0.1, -0.05) is 6.92 Å². The maximum atomic E-state index is 4.35. The van der Waals surface area contributed by atoms with Gasteiger partial charge in [-0.15, -0.1) is 0 Å². The van der Waals surface area contributed by atoms with Gasteiger partial charge in [0.05, 0.1) is 0 Å². The van der Waals surface area contributed by atoms with E-state index in [2.05, 4.69) is 34.2 Å². The van der Waals surface area contributed by atoms with Crippen molar-refractivity contribution in [1.29, 1.82) is 0 Å². The Balaban J connectivity index is 1.80. The molecule has 1 heterocycles. The summed E-state index contributed by atoms with van der Waals surface area (Å²) in [7, 11) is 0. The molecule has 0 aliphatic heterocycles. The summed E-state index contributed by atoms with van der Waals surface area (Å²) >= 11 is 1.92. The molecule has 15 heavy (non-hydrogen) atoms. The van der Waals surface area contributed by atoms with Crippen molar-refractivity contribution in [2.45, 2.75) is 37.5 Å². The molecule has 0 bridgehead atoms. The minimum Gasteiger partial charge on any atom is -0.356 e. The Morgan fingerprint density at radius 3 is 3.13 bits per heavy atom. The molecular formula is C11H19N3S. The molecule has 1 fully saturated rings. The predicted molar refractivity (Wildman–Crippen MR) is 66.6 cm³/mol. The number of thioether (sulfide) groups is 1. The Labute approximate surface area is 95.7 Å². The standard InChI is InChI=1S/C11H19N3S/c1-9(15-2)5-6-12-11-13-7-8-14(11)10-3-4-10/h7-10H,3-6H2,1-2H3,(H,12,13). The zero-order valence-corrected chi connectivity index (χ0v) is 10.3. The molecule has 2 rings (SSSR count). The van der Waals surface area contributed by atoms with E-state index in [1.54, 1.807) is 0 Å². The van der Waals surface area contributed by atoms with Crippen LogP contribution in [0.1, 0.15) is 32.2 Å². The molecule has 4 heteroatoms. The van der Waals surface area contributed by atoms with E-state index in [1.807, 2.05) is 18.0 Å². The Morgan fingerprint density at radius 1 is 1.67 bits per heavy atom. The summed E-state index contributed by atoms with van der Waals surface area (Å²) in [6.07, 6.45) is 9.95. The molecule has 1 aliphatic carbocycles. The average molecular weight is 225 g/mol. The molecule has 1 aromatic heterocycles. The topological polar surface area (TPSA) is 29.9 Å². The largest absolute Gasteiger partial charge is 0.356 e. The van der Waals surface area contributed by atoms with E-state index >= 15 is 0 Å². The van der Waals surface area contributed by atoms with Crippen LogP contribution in [0.4, 0.5) is 5.95 Å². The maximum absolute atomic E-state index is 4.35. The van der Waals surface area contributed by atoms with E-state index in [9.17, 15) is 0 Å². The average Bonchev–Trinajstić information content (AvgIpc) is 2.99. The molecular weight excluding hydrogens is 206 g/mol. The van der Waals surface area contributed by atoms with Gasteiger partial charge < -0.3 is 9.88 Å². The number of anilines is 1. The van der Waals surface area contributed by atoms with Gasteiger partial charge in [-0.3, -0.25) is 0 Å². The number of nitrogens with one attached hydrogen (secondary N) is 1. The summed E-state index contributed by atoms with van der Waals surface area (Å²) in [6.45, 7) is 3.28. The van der Waals surface area contributed by atoms with Crippen LogP contribution in [0.3, 0.4) is 0 Å². The molecule has 0 saturated heterocycles. The smallest absolute Gasteiger partial charge is 0.203 e. The first-order valence-electron chi connectivity index (χ1n) is 5.60. The van der Waals surface area contributed by atoms with Crippen molar-refractivity contribution in [2.24, 2.45) is 0 Å². The fraction of sp³-hybridized carbons (Fsp3) is 0.727. The highest BCUT2D eigenvalue weighted by atomic mass is 32.2. The van der Waals surface area contributed by atoms with Gasteiger partial charge in [0.15, 0.2) is 0 Å². The van der Waals surface area contributed by atoms with E-state index in [4.69, 9.17) is 0 Å². The highest BCUT2D eigenvalue weighted by molar-refractivity contribution is 7.99. The molecule has 0 spiro atoms. The number of aromatic nitrogens is 2. The Kier molecular flexibility index (Phi) is 3.57. The van der Waals surface area contributed by atoms with E-state index in [0.717, 1.165) is 17.7 Å². The zero-order chi connectivity index (χ0) is 10.7. The molecule has 84 valence electrons. The van der Waals surface area contributed by atoms with Crippen molar-refractivity contribution in [3.8, 4) is 0 Å². The fourth-order valence-corrected chi connectivity index (χ4v) is 1.96. The monoisotopic (exact) mass is 225 g/mol. The van der Waals surface area contributed by atoms with E-state index in [1.165, 1.54) is 19.3 Å². The third kappa shape index (κ3) is 2.91. The van der Waals surface area contributed by atoms with Crippen LogP contribution in [-0.4, -0.2) is 27.6 Å². The lowest BCUT2D eigenvalue weighted by molar-refractivity contribution is 0.736. The van der Waals surface area contributed by atoms with Gasteiger partial charge in [0, 0.05) is 30.2 Å². The number of hydrogen-bond donors (Lipinski definition) is 1. The summed E-state index contributed by atoms with van der Waals surface area (Å²) in [6, 6.07) is 0.716. The molecule has 0 amide bonds. The van der Waals surface area contributed by atoms with Crippen LogP contribution >= 0.6 is 11.8 Å². The summed E-state index contributed by atoms with van der Waals surface area (Å²) < 4.78 is 2.27. The van der Waals surface area contributed by atoms with Gasteiger partial charge in [0.25, 0.3) is 0 Å². The van der Waals surface area contributed by atoms with Crippen LogP contribution in [0.2, 0.25) is 0 Å². The summed E-state index contributed by atoms with van der Waals surface area (Å²) in [5.41, 5.74) is 0. The number of hydrogen-bond acceptors (Lipinski definition) is 3. The first-order chi connectivity index (χ1) is 7.31.